The highest BCUT2D eigenvalue weighted by Gasteiger charge is 2.34. The van der Waals surface area contributed by atoms with Crippen LogP contribution in [0.2, 0.25) is 0 Å². The molecule has 1 aromatic heterocycles. The summed E-state index contributed by atoms with van der Waals surface area (Å²) in [6.45, 7) is 0. The summed E-state index contributed by atoms with van der Waals surface area (Å²) in [7, 11) is 0.975. The zero-order chi connectivity index (χ0) is 15.5. The van der Waals surface area contributed by atoms with Crippen LogP contribution in [0.4, 0.5) is 22.0 Å². The van der Waals surface area contributed by atoms with Gasteiger partial charge in [0.15, 0.2) is 5.75 Å². The molecule has 0 aliphatic heterocycles. The number of carboxylic acids is 1. The van der Waals surface area contributed by atoms with E-state index in [4.69, 9.17) is 5.11 Å². The number of methoxy groups -OCH3 is 1. The molecule has 0 aromatic carbocycles. The van der Waals surface area contributed by atoms with Crippen molar-refractivity contribution >= 4 is 5.97 Å². The second kappa shape index (κ2) is 5.88. The Kier molecular flexibility index (Phi) is 4.69. The fourth-order valence-corrected chi connectivity index (χ4v) is 1.33. The van der Waals surface area contributed by atoms with Crippen LogP contribution < -0.4 is 9.47 Å². The maximum atomic E-state index is 12.6. The van der Waals surface area contributed by atoms with Gasteiger partial charge >= 0.3 is 12.3 Å². The van der Waals surface area contributed by atoms with Gasteiger partial charge in [-0.05, 0) is 6.07 Å². The second-order valence-electron chi connectivity index (χ2n) is 3.45. The van der Waals surface area contributed by atoms with Crippen LogP contribution in [0.3, 0.4) is 0 Å². The van der Waals surface area contributed by atoms with Crippen molar-refractivity contribution < 1.29 is 41.3 Å². The average Bonchev–Trinajstić information content (AvgIpc) is 2.27. The maximum absolute atomic E-state index is 12.6. The van der Waals surface area contributed by atoms with Crippen LogP contribution in [-0.4, -0.2) is 29.5 Å². The summed E-state index contributed by atoms with van der Waals surface area (Å²) >= 11 is 0. The first kappa shape index (κ1) is 15.9. The van der Waals surface area contributed by atoms with Crippen LogP contribution in [0.1, 0.15) is 17.7 Å². The number of aromatic nitrogens is 1. The van der Waals surface area contributed by atoms with Crippen molar-refractivity contribution in [1.29, 1.82) is 0 Å². The van der Waals surface area contributed by atoms with E-state index >= 15 is 0 Å². The van der Waals surface area contributed by atoms with Gasteiger partial charge < -0.3 is 14.6 Å². The summed E-state index contributed by atoms with van der Waals surface area (Å²) in [4.78, 5) is 13.9. The van der Waals surface area contributed by atoms with Crippen molar-refractivity contribution in [3.63, 3.8) is 0 Å². The summed E-state index contributed by atoms with van der Waals surface area (Å²) < 4.78 is 69.8. The second-order valence-corrected chi connectivity index (χ2v) is 3.45. The Hall–Kier alpha value is -2.13. The van der Waals surface area contributed by atoms with Gasteiger partial charge in [0.25, 0.3) is 6.43 Å². The van der Waals surface area contributed by atoms with Crippen LogP contribution in [-0.2, 0) is 11.2 Å². The molecule has 1 heterocycles. The van der Waals surface area contributed by atoms with Crippen molar-refractivity contribution in [2.24, 2.45) is 0 Å². The van der Waals surface area contributed by atoms with Crippen molar-refractivity contribution in [2.75, 3.05) is 7.11 Å². The number of hydrogen-bond acceptors (Lipinski definition) is 4. The lowest BCUT2D eigenvalue weighted by Gasteiger charge is -2.15. The summed E-state index contributed by atoms with van der Waals surface area (Å²) in [5.74, 6) is -3.27. The SMILES string of the molecule is COc1nc(CC(=O)O)c(OC(F)(F)F)cc1C(F)F. The molecule has 0 spiro atoms. The minimum Gasteiger partial charge on any atom is -0.481 e. The predicted molar refractivity (Wildman–Crippen MR) is 53.8 cm³/mol. The van der Waals surface area contributed by atoms with E-state index < -0.39 is 48.1 Å². The van der Waals surface area contributed by atoms with Gasteiger partial charge in [-0.1, -0.05) is 0 Å². The number of nitrogens with zero attached hydrogens (tertiary/aromatic N) is 1. The first-order chi connectivity index (χ1) is 9.14. The first-order valence-electron chi connectivity index (χ1n) is 4.97. The first-order valence-corrected chi connectivity index (χ1v) is 4.97. The zero-order valence-electron chi connectivity index (χ0n) is 9.87. The van der Waals surface area contributed by atoms with Crippen LogP contribution >= 0.6 is 0 Å². The standard InChI is InChI=1S/C10H8F5NO4/c1-19-9-4(8(11)12)2-6(20-10(13,14)15)5(16-9)3-7(17)18/h2,8H,3H2,1H3,(H,17,18). The number of ether oxygens (including phenoxy) is 2. The molecule has 0 saturated carbocycles. The number of carbonyl (C=O) groups is 1. The third-order valence-corrected chi connectivity index (χ3v) is 2.03. The van der Waals surface area contributed by atoms with Crippen molar-refractivity contribution in [3.8, 4) is 11.6 Å². The van der Waals surface area contributed by atoms with Gasteiger partial charge in [0.05, 0.1) is 24.8 Å². The fraction of sp³-hybridized carbons (Fsp3) is 0.400. The number of alkyl halides is 5. The van der Waals surface area contributed by atoms with Crippen molar-refractivity contribution in [3.05, 3.63) is 17.3 Å². The molecule has 0 fully saturated rings. The molecule has 0 unspecified atom stereocenters. The number of hydrogen-bond donors (Lipinski definition) is 1. The number of rotatable bonds is 5. The lowest BCUT2D eigenvalue weighted by Crippen LogP contribution is -2.20. The van der Waals surface area contributed by atoms with Gasteiger partial charge in [-0.2, -0.15) is 0 Å². The minimum absolute atomic E-state index is 0.363. The quantitative estimate of drug-likeness (QED) is 0.846. The Morgan fingerprint density at radius 3 is 2.45 bits per heavy atom. The van der Waals surface area contributed by atoms with Gasteiger partial charge in [-0.3, -0.25) is 4.79 Å². The molecule has 1 rings (SSSR count). The molecule has 0 amide bonds. The molecule has 0 saturated heterocycles. The predicted octanol–water partition coefficient (Wildman–Crippen LogP) is 2.55. The maximum Gasteiger partial charge on any atom is 0.573 e. The van der Waals surface area contributed by atoms with Gasteiger partial charge in [0.1, 0.15) is 0 Å². The van der Waals surface area contributed by atoms with Gasteiger partial charge in [0.2, 0.25) is 5.88 Å². The van der Waals surface area contributed by atoms with Crippen LogP contribution in [0.5, 0.6) is 11.6 Å². The Morgan fingerprint density at radius 2 is 2.05 bits per heavy atom. The average molecular weight is 301 g/mol. The molecular formula is C10H8F5NO4. The van der Waals surface area contributed by atoms with E-state index in [0.29, 0.717) is 6.07 Å². The summed E-state index contributed by atoms with van der Waals surface area (Å²) in [6, 6.07) is 0.363. The molecule has 0 atom stereocenters. The molecule has 5 nitrogen and oxygen atoms in total. The molecule has 0 radical (unpaired) electrons. The molecule has 1 N–H and O–H groups in total. The topological polar surface area (TPSA) is 68.7 Å². The molecular weight excluding hydrogens is 293 g/mol. The number of aliphatic carboxylic acids is 1. The fourth-order valence-electron chi connectivity index (χ4n) is 1.33. The highest BCUT2D eigenvalue weighted by atomic mass is 19.4. The molecule has 10 heteroatoms. The third kappa shape index (κ3) is 4.21. The van der Waals surface area contributed by atoms with E-state index in [1.807, 2.05) is 0 Å². The van der Waals surface area contributed by atoms with E-state index in [-0.39, 0.29) is 0 Å². The molecule has 0 aliphatic carbocycles. The molecule has 1 aromatic rings. The highest BCUT2D eigenvalue weighted by molar-refractivity contribution is 5.70. The smallest absolute Gasteiger partial charge is 0.481 e. The third-order valence-electron chi connectivity index (χ3n) is 2.03. The lowest BCUT2D eigenvalue weighted by atomic mass is 10.2. The molecule has 112 valence electrons. The van der Waals surface area contributed by atoms with E-state index in [1.54, 1.807) is 0 Å². The summed E-state index contributed by atoms with van der Waals surface area (Å²) in [6.07, 6.45) is -9.26. The number of carboxylic acid groups (broad SMARTS) is 1. The zero-order valence-corrected chi connectivity index (χ0v) is 9.87. The highest BCUT2D eigenvalue weighted by Crippen LogP contribution is 2.35. The Balaban J connectivity index is 3.35. The Morgan fingerprint density at radius 1 is 1.45 bits per heavy atom. The minimum atomic E-state index is -5.16. The van der Waals surface area contributed by atoms with Crippen LogP contribution in [0, 0.1) is 0 Å². The van der Waals surface area contributed by atoms with Gasteiger partial charge in [0, 0.05) is 0 Å². The lowest BCUT2D eigenvalue weighted by molar-refractivity contribution is -0.275. The van der Waals surface area contributed by atoms with Crippen LogP contribution in [0.25, 0.3) is 0 Å². The Bertz CT molecular complexity index is 503. The van der Waals surface area contributed by atoms with E-state index in [2.05, 4.69) is 14.5 Å². The van der Waals surface area contributed by atoms with E-state index in [1.165, 1.54) is 0 Å². The normalized spacial score (nSPS) is 11.6. The van der Waals surface area contributed by atoms with Crippen molar-refractivity contribution in [2.45, 2.75) is 19.2 Å². The van der Waals surface area contributed by atoms with Gasteiger partial charge in [-0.25, -0.2) is 13.8 Å². The Labute approximate surface area is 108 Å². The number of pyridine rings is 1. The van der Waals surface area contributed by atoms with Gasteiger partial charge in [-0.15, -0.1) is 13.2 Å². The summed E-state index contributed by atoms with van der Waals surface area (Å²) in [5.41, 5.74) is -1.60. The number of halogens is 5. The van der Waals surface area contributed by atoms with Crippen molar-refractivity contribution in [1.82, 2.24) is 4.98 Å². The molecule has 0 bridgehead atoms. The van der Waals surface area contributed by atoms with E-state index in [9.17, 15) is 26.7 Å². The summed E-state index contributed by atoms with van der Waals surface area (Å²) in [5, 5.41) is 8.57. The van der Waals surface area contributed by atoms with Crippen LogP contribution in [0.15, 0.2) is 6.07 Å². The van der Waals surface area contributed by atoms with E-state index in [0.717, 1.165) is 7.11 Å². The molecule has 0 aliphatic rings. The monoisotopic (exact) mass is 301 g/mol. The molecule has 20 heavy (non-hydrogen) atoms. The largest absolute Gasteiger partial charge is 0.573 e.